The maximum atomic E-state index is 6.10. The average molecular weight is 451 g/mol. The van der Waals surface area contributed by atoms with Crippen LogP contribution in [-0.4, -0.2) is 57.4 Å². The van der Waals surface area contributed by atoms with Crippen LogP contribution in [0.1, 0.15) is 55.8 Å². The molecule has 9 nitrogen and oxygen atoms in total. The average Bonchev–Trinajstić information content (AvgIpc) is 3.43. The van der Waals surface area contributed by atoms with Gasteiger partial charge in [-0.15, -0.1) is 5.10 Å². The highest BCUT2D eigenvalue weighted by molar-refractivity contribution is 5.60. The normalized spacial score (nSPS) is 17.8. The summed E-state index contributed by atoms with van der Waals surface area (Å²) in [7, 11) is 0. The van der Waals surface area contributed by atoms with E-state index in [9.17, 15) is 0 Å². The van der Waals surface area contributed by atoms with Gasteiger partial charge >= 0.3 is 6.01 Å². The first-order chi connectivity index (χ1) is 16.1. The molecule has 5 rings (SSSR count). The predicted octanol–water partition coefficient (Wildman–Crippen LogP) is 2.76. The summed E-state index contributed by atoms with van der Waals surface area (Å²) in [5, 5.41) is 8.06. The van der Waals surface area contributed by atoms with Gasteiger partial charge in [-0.25, -0.2) is 14.5 Å². The molecule has 0 unspecified atom stereocenters. The van der Waals surface area contributed by atoms with Crippen LogP contribution < -0.4 is 20.7 Å². The number of imidazole rings is 1. The highest BCUT2D eigenvalue weighted by Gasteiger charge is 2.37. The lowest BCUT2D eigenvalue weighted by Crippen LogP contribution is -2.41. The summed E-state index contributed by atoms with van der Waals surface area (Å²) < 4.78 is 7.42. The van der Waals surface area contributed by atoms with Crippen molar-refractivity contribution in [1.29, 1.82) is 0 Å². The number of nitrogens with zero attached hydrogens (tertiary/aromatic N) is 6. The number of aromatic nitrogens is 5. The van der Waals surface area contributed by atoms with E-state index in [4.69, 9.17) is 15.5 Å². The Bertz CT molecular complexity index is 1110. The fraction of sp³-hybridized carbons (Fsp3) is 0.583. The zero-order chi connectivity index (χ0) is 22.8. The monoisotopic (exact) mass is 450 g/mol. The summed E-state index contributed by atoms with van der Waals surface area (Å²) in [6.07, 6.45) is 10.2. The zero-order valence-corrected chi connectivity index (χ0v) is 19.7. The van der Waals surface area contributed by atoms with Gasteiger partial charge in [0.05, 0.1) is 18.5 Å². The molecule has 176 valence electrons. The van der Waals surface area contributed by atoms with Crippen LogP contribution in [0.2, 0.25) is 0 Å². The smallest absolute Gasteiger partial charge is 0.336 e. The van der Waals surface area contributed by atoms with Crippen molar-refractivity contribution in [2.75, 3.05) is 43.4 Å². The van der Waals surface area contributed by atoms with Gasteiger partial charge in [0.1, 0.15) is 5.82 Å². The van der Waals surface area contributed by atoms with E-state index in [1.54, 1.807) is 10.7 Å². The van der Waals surface area contributed by atoms with Crippen molar-refractivity contribution in [2.45, 2.75) is 52.4 Å². The van der Waals surface area contributed by atoms with Crippen LogP contribution in [-0.2, 0) is 6.42 Å². The van der Waals surface area contributed by atoms with Gasteiger partial charge in [-0.05, 0) is 55.7 Å². The van der Waals surface area contributed by atoms with Crippen LogP contribution in [0.5, 0.6) is 6.01 Å². The summed E-state index contributed by atoms with van der Waals surface area (Å²) in [4.78, 5) is 16.0. The molecule has 3 N–H and O–H groups in total. The minimum Gasteiger partial charge on any atom is -0.462 e. The number of pyridine rings is 1. The first kappa shape index (κ1) is 21.9. The highest BCUT2D eigenvalue weighted by atomic mass is 16.5. The van der Waals surface area contributed by atoms with Crippen LogP contribution in [0.4, 0.5) is 11.6 Å². The molecule has 1 spiro atoms. The number of rotatable bonds is 7. The SMILES string of the molecule is CCCCOc1nc(N)c2ncc(Cc3cnc(N4CCC5(CCNC5)CC4)c(C)c3)n2n1. The number of anilines is 2. The van der Waals surface area contributed by atoms with Crippen LogP contribution in [0.15, 0.2) is 18.5 Å². The molecule has 0 aliphatic carbocycles. The Balaban J connectivity index is 1.31. The van der Waals surface area contributed by atoms with E-state index in [-0.39, 0.29) is 6.01 Å². The summed E-state index contributed by atoms with van der Waals surface area (Å²) in [6.45, 7) is 9.35. The quantitative estimate of drug-likeness (QED) is 0.529. The predicted molar refractivity (Wildman–Crippen MR) is 129 cm³/mol. The van der Waals surface area contributed by atoms with E-state index in [2.05, 4.69) is 45.2 Å². The van der Waals surface area contributed by atoms with E-state index < -0.39 is 0 Å². The number of unbranched alkanes of at least 4 members (excludes halogenated alkanes) is 1. The van der Waals surface area contributed by atoms with Crippen LogP contribution in [0, 0.1) is 12.3 Å². The van der Waals surface area contributed by atoms with Gasteiger partial charge in [-0.3, -0.25) is 0 Å². The molecule has 2 fully saturated rings. The van der Waals surface area contributed by atoms with Gasteiger partial charge in [0, 0.05) is 32.3 Å². The summed E-state index contributed by atoms with van der Waals surface area (Å²) >= 11 is 0. The first-order valence-corrected chi connectivity index (χ1v) is 12.1. The molecule has 0 radical (unpaired) electrons. The summed E-state index contributed by atoms with van der Waals surface area (Å²) in [6, 6.07) is 2.52. The minimum atomic E-state index is 0.290. The maximum absolute atomic E-state index is 6.10. The Hall–Kier alpha value is -2.94. The van der Waals surface area contributed by atoms with E-state index in [1.807, 2.05) is 6.20 Å². The van der Waals surface area contributed by atoms with Crippen molar-refractivity contribution in [3.63, 3.8) is 0 Å². The molecule has 33 heavy (non-hydrogen) atoms. The largest absolute Gasteiger partial charge is 0.462 e. The molecule has 2 aliphatic rings. The molecule has 2 saturated heterocycles. The number of aryl methyl sites for hydroxylation is 1. The number of hydrogen-bond donors (Lipinski definition) is 2. The minimum absolute atomic E-state index is 0.290. The van der Waals surface area contributed by atoms with Crippen LogP contribution >= 0.6 is 0 Å². The lowest BCUT2D eigenvalue weighted by Gasteiger charge is -2.40. The summed E-state index contributed by atoms with van der Waals surface area (Å²) in [5.41, 5.74) is 10.4. The van der Waals surface area contributed by atoms with Gasteiger partial charge < -0.3 is 20.7 Å². The van der Waals surface area contributed by atoms with Gasteiger partial charge in [-0.2, -0.15) is 4.98 Å². The molecule has 3 aromatic rings. The molecular weight excluding hydrogens is 416 g/mol. The molecule has 0 bridgehead atoms. The van der Waals surface area contributed by atoms with Crippen LogP contribution in [0.25, 0.3) is 5.65 Å². The topological polar surface area (TPSA) is 106 Å². The number of ether oxygens (including phenoxy) is 1. The van der Waals surface area contributed by atoms with Crippen molar-refractivity contribution in [1.82, 2.24) is 29.9 Å². The van der Waals surface area contributed by atoms with E-state index in [1.165, 1.54) is 31.4 Å². The third kappa shape index (κ3) is 4.46. The lowest BCUT2D eigenvalue weighted by atomic mass is 9.78. The summed E-state index contributed by atoms with van der Waals surface area (Å²) in [5.74, 6) is 1.43. The Morgan fingerprint density at radius 2 is 2.03 bits per heavy atom. The second kappa shape index (κ2) is 9.13. The highest BCUT2D eigenvalue weighted by Crippen LogP contribution is 2.38. The van der Waals surface area contributed by atoms with Gasteiger partial charge in [0.2, 0.25) is 0 Å². The molecule has 9 heteroatoms. The Morgan fingerprint density at radius 1 is 1.18 bits per heavy atom. The second-order valence-electron chi connectivity index (χ2n) is 9.54. The van der Waals surface area contributed by atoms with E-state index >= 15 is 0 Å². The third-order valence-electron chi connectivity index (χ3n) is 7.12. The van der Waals surface area contributed by atoms with Crippen molar-refractivity contribution in [3.8, 4) is 6.01 Å². The number of piperidine rings is 1. The van der Waals surface area contributed by atoms with Crippen LogP contribution in [0.3, 0.4) is 0 Å². The molecule has 3 aromatic heterocycles. The number of nitrogen functional groups attached to an aromatic ring is 1. The standard InChI is InChI=1S/C24H34N8O/c1-3-4-11-33-23-29-20(25)22-28-15-19(32(22)30-23)13-18-12-17(2)21(27-14-18)31-9-6-24(7-10-31)5-8-26-16-24/h12,14-15,26H,3-11,13,16H2,1-2H3,(H2,25,29,30). The second-order valence-corrected chi connectivity index (χ2v) is 9.54. The van der Waals surface area contributed by atoms with Crippen molar-refractivity contribution >= 4 is 17.3 Å². The zero-order valence-electron chi connectivity index (χ0n) is 19.7. The lowest BCUT2D eigenvalue weighted by molar-refractivity contribution is 0.247. The van der Waals surface area contributed by atoms with Crippen molar-refractivity contribution in [3.05, 3.63) is 35.3 Å². The number of nitrogens with two attached hydrogens (primary N) is 1. The van der Waals surface area contributed by atoms with E-state index in [0.29, 0.717) is 29.9 Å². The Morgan fingerprint density at radius 3 is 2.76 bits per heavy atom. The van der Waals surface area contributed by atoms with Gasteiger partial charge in [0.15, 0.2) is 11.5 Å². The first-order valence-electron chi connectivity index (χ1n) is 12.1. The molecule has 5 heterocycles. The number of hydrogen-bond acceptors (Lipinski definition) is 8. The number of fused-ring (bicyclic) bond motifs is 1. The molecule has 2 aliphatic heterocycles. The van der Waals surface area contributed by atoms with Crippen molar-refractivity contribution < 1.29 is 4.74 Å². The van der Waals surface area contributed by atoms with Gasteiger partial charge in [0.25, 0.3) is 0 Å². The number of nitrogens with one attached hydrogen (secondary N) is 1. The molecule has 0 saturated carbocycles. The molecular formula is C24H34N8O. The Kier molecular flexibility index (Phi) is 6.05. The molecule has 0 aromatic carbocycles. The Labute approximate surface area is 194 Å². The maximum Gasteiger partial charge on any atom is 0.336 e. The molecule has 0 amide bonds. The van der Waals surface area contributed by atoms with Gasteiger partial charge in [-0.1, -0.05) is 19.4 Å². The fourth-order valence-corrected chi connectivity index (χ4v) is 5.10. The molecule has 0 atom stereocenters. The van der Waals surface area contributed by atoms with Crippen molar-refractivity contribution in [2.24, 2.45) is 5.41 Å². The third-order valence-corrected chi connectivity index (χ3v) is 7.12. The van der Waals surface area contributed by atoms with E-state index in [0.717, 1.165) is 49.6 Å². The fourth-order valence-electron chi connectivity index (χ4n) is 5.10.